The molecule has 2 fully saturated rings. The summed E-state index contributed by atoms with van der Waals surface area (Å²) in [6.07, 6.45) is 2.84. The van der Waals surface area contributed by atoms with Crippen molar-refractivity contribution in [2.75, 3.05) is 26.2 Å². The molecule has 1 amide bonds. The van der Waals surface area contributed by atoms with Crippen LogP contribution in [0.1, 0.15) is 31.0 Å². The van der Waals surface area contributed by atoms with Gasteiger partial charge in [0.15, 0.2) is 5.82 Å². The Morgan fingerprint density at radius 3 is 2.83 bits per heavy atom. The molecular formula is C11H18N6O. The average Bonchev–Trinajstić information content (AvgIpc) is 3.16. The Labute approximate surface area is 106 Å². The predicted octanol–water partition coefficient (Wildman–Crippen LogP) is -0.628. The molecule has 0 atom stereocenters. The van der Waals surface area contributed by atoms with Gasteiger partial charge in [0.2, 0.25) is 5.91 Å². The van der Waals surface area contributed by atoms with Crippen molar-refractivity contribution in [3.05, 3.63) is 5.82 Å². The maximum atomic E-state index is 12.0. The van der Waals surface area contributed by atoms with Crippen LogP contribution in [0, 0.1) is 0 Å². The number of nitrogens with zero attached hydrogens (tertiary/aromatic N) is 5. The second-order valence-electron chi connectivity index (χ2n) is 4.92. The van der Waals surface area contributed by atoms with E-state index in [-0.39, 0.29) is 5.91 Å². The molecule has 2 aliphatic rings. The fourth-order valence-corrected chi connectivity index (χ4v) is 2.28. The van der Waals surface area contributed by atoms with Crippen LogP contribution in [-0.4, -0.2) is 57.2 Å². The van der Waals surface area contributed by atoms with Crippen molar-refractivity contribution in [2.45, 2.75) is 31.7 Å². The quantitative estimate of drug-likeness (QED) is 0.770. The van der Waals surface area contributed by atoms with Gasteiger partial charge >= 0.3 is 0 Å². The zero-order valence-corrected chi connectivity index (χ0v) is 10.4. The zero-order valence-electron chi connectivity index (χ0n) is 10.4. The third-order valence-corrected chi connectivity index (χ3v) is 3.51. The number of hydrogen-bond donors (Lipinski definition) is 1. The van der Waals surface area contributed by atoms with Gasteiger partial charge in [0.25, 0.3) is 0 Å². The van der Waals surface area contributed by atoms with E-state index in [9.17, 15) is 4.79 Å². The number of amides is 1. The number of carbonyl (C=O) groups is 1. The highest BCUT2D eigenvalue weighted by Gasteiger charge is 2.29. The topological polar surface area (TPSA) is 75.9 Å². The first kappa shape index (κ1) is 11.6. The minimum Gasteiger partial charge on any atom is -0.340 e. The highest BCUT2D eigenvalue weighted by Crippen LogP contribution is 2.38. The van der Waals surface area contributed by atoms with Gasteiger partial charge in [-0.2, -0.15) is 0 Å². The SMILES string of the molecule is O=C(CCn1nnnc1C1CC1)N1CCNCC1. The van der Waals surface area contributed by atoms with Gasteiger partial charge in [-0.15, -0.1) is 5.10 Å². The van der Waals surface area contributed by atoms with Gasteiger partial charge < -0.3 is 10.2 Å². The van der Waals surface area contributed by atoms with Gasteiger partial charge in [-0.25, -0.2) is 4.68 Å². The van der Waals surface area contributed by atoms with Crippen molar-refractivity contribution < 1.29 is 4.79 Å². The fourth-order valence-electron chi connectivity index (χ4n) is 2.28. The molecule has 1 saturated heterocycles. The summed E-state index contributed by atoms with van der Waals surface area (Å²) in [5.41, 5.74) is 0. The summed E-state index contributed by atoms with van der Waals surface area (Å²) in [7, 11) is 0. The molecule has 0 unspecified atom stereocenters. The normalized spacial score (nSPS) is 20.1. The summed E-state index contributed by atoms with van der Waals surface area (Å²) in [4.78, 5) is 13.9. The van der Waals surface area contributed by atoms with E-state index in [1.165, 1.54) is 12.8 Å². The summed E-state index contributed by atoms with van der Waals surface area (Å²) < 4.78 is 1.79. The smallest absolute Gasteiger partial charge is 0.224 e. The molecule has 1 saturated carbocycles. The fraction of sp³-hybridized carbons (Fsp3) is 0.818. The molecule has 1 aliphatic heterocycles. The van der Waals surface area contributed by atoms with E-state index in [1.807, 2.05) is 4.90 Å². The lowest BCUT2D eigenvalue weighted by Gasteiger charge is -2.27. The van der Waals surface area contributed by atoms with Crippen LogP contribution in [0.25, 0.3) is 0 Å². The molecule has 18 heavy (non-hydrogen) atoms. The number of rotatable bonds is 4. The first-order valence-electron chi connectivity index (χ1n) is 6.59. The lowest BCUT2D eigenvalue weighted by atomic mass is 10.3. The Balaban J connectivity index is 1.53. The van der Waals surface area contributed by atoms with Crippen LogP contribution in [0.15, 0.2) is 0 Å². The molecule has 2 heterocycles. The van der Waals surface area contributed by atoms with Crippen LogP contribution in [0.2, 0.25) is 0 Å². The predicted molar refractivity (Wildman–Crippen MR) is 63.9 cm³/mol. The van der Waals surface area contributed by atoms with E-state index < -0.39 is 0 Å². The number of piperazine rings is 1. The van der Waals surface area contributed by atoms with Gasteiger partial charge in [-0.1, -0.05) is 0 Å². The molecule has 98 valence electrons. The molecule has 7 nitrogen and oxygen atoms in total. The van der Waals surface area contributed by atoms with Crippen LogP contribution in [0.3, 0.4) is 0 Å². The average molecular weight is 250 g/mol. The van der Waals surface area contributed by atoms with E-state index in [0.717, 1.165) is 32.0 Å². The van der Waals surface area contributed by atoms with Crippen molar-refractivity contribution >= 4 is 5.91 Å². The summed E-state index contributed by atoms with van der Waals surface area (Å²) in [5.74, 6) is 1.67. The first-order chi connectivity index (χ1) is 8.84. The maximum Gasteiger partial charge on any atom is 0.224 e. The Hall–Kier alpha value is -1.50. The molecule has 1 aliphatic carbocycles. The van der Waals surface area contributed by atoms with E-state index in [0.29, 0.717) is 18.9 Å². The third kappa shape index (κ3) is 2.50. The summed E-state index contributed by atoms with van der Waals surface area (Å²) in [5, 5.41) is 14.9. The van der Waals surface area contributed by atoms with Crippen LogP contribution in [0.4, 0.5) is 0 Å². The van der Waals surface area contributed by atoms with Gasteiger partial charge in [-0.05, 0) is 23.3 Å². The number of hydrogen-bond acceptors (Lipinski definition) is 5. The Kier molecular flexibility index (Phi) is 3.22. The summed E-state index contributed by atoms with van der Waals surface area (Å²) >= 11 is 0. The van der Waals surface area contributed by atoms with Gasteiger partial charge in [0, 0.05) is 38.5 Å². The van der Waals surface area contributed by atoms with Crippen molar-refractivity contribution in [3.63, 3.8) is 0 Å². The minimum absolute atomic E-state index is 0.203. The van der Waals surface area contributed by atoms with E-state index >= 15 is 0 Å². The van der Waals surface area contributed by atoms with Gasteiger partial charge in [0.1, 0.15) is 0 Å². The van der Waals surface area contributed by atoms with Crippen molar-refractivity contribution in [1.82, 2.24) is 30.4 Å². The third-order valence-electron chi connectivity index (χ3n) is 3.51. The minimum atomic E-state index is 0.203. The Morgan fingerprint density at radius 1 is 1.33 bits per heavy atom. The van der Waals surface area contributed by atoms with Gasteiger partial charge in [0.05, 0.1) is 6.54 Å². The lowest BCUT2D eigenvalue weighted by molar-refractivity contribution is -0.132. The number of nitrogens with one attached hydrogen (secondary N) is 1. The lowest BCUT2D eigenvalue weighted by Crippen LogP contribution is -2.46. The van der Waals surface area contributed by atoms with Crippen LogP contribution >= 0.6 is 0 Å². The monoisotopic (exact) mass is 250 g/mol. The number of aromatic nitrogens is 4. The summed E-state index contributed by atoms with van der Waals surface area (Å²) in [6.45, 7) is 4.00. The molecule has 0 spiro atoms. The number of tetrazole rings is 1. The second kappa shape index (κ2) is 5.01. The number of carbonyl (C=O) groups excluding carboxylic acids is 1. The van der Waals surface area contributed by atoms with E-state index in [1.54, 1.807) is 4.68 Å². The van der Waals surface area contributed by atoms with Crippen molar-refractivity contribution in [2.24, 2.45) is 0 Å². The number of aryl methyl sites for hydroxylation is 1. The molecule has 1 aromatic rings. The summed E-state index contributed by atoms with van der Waals surface area (Å²) in [6, 6.07) is 0. The second-order valence-corrected chi connectivity index (χ2v) is 4.92. The van der Waals surface area contributed by atoms with Crippen molar-refractivity contribution in [3.8, 4) is 0 Å². The maximum absolute atomic E-state index is 12.0. The molecule has 3 rings (SSSR count). The van der Waals surface area contributed by atoms with E-state index in [4.69, 9.17) is 0 Å². The Bertz CT molecular complexity index is 421. The molecular weight excluding hydrogens is 232 g/mol. The zero-order chi connectivity index (χ0) is 12.4. The molecule has 7 heteroatoms. The molecule has 0 aromatic carbocycles. The van der Waals surface area contributed by atoms with Crippen molar-refractivity contribution in [1.29, 1.82) is 0 Å². The van der Waals surface area contributed by atoms with E-state index in [2.05, 4.69) is 20.8 Å². The van der Waals surface area contributed by atoms with Gasteiger partial charge in [-0.3, -0.25) is 4.79 Å². The first-order valence-corrected chi connectivity index (χ1v) is 6.59. The molecule has 1 aromatic heterocycles. The van der Waals surface area contributed by atoms with Crippen LogP contribution in [0.5, 0.6) is 0 Å². The molecule has 0 bridgehead atoms. The largest absolute Gasteiger partial charge is 0.340 e. The standard InChI is InChI=1S/C11H18N6O/c18-10(16-7-4-12-5-8-16)3-6-17-11(9-1-2-9)13-14-15-17/h9,12H,1-8H2. The van der Waals surface area contributed by atoms with Crippen LogP contribution in [-0.2, 0) is 11.3 Å². The molecule has 0 radical (unpaired) electrons. The Morgan fingerprint density at radius 2 is 2.11 bits per heavy atom. The molecule has 1 N–H and O–H groups in total. The highest BCUT2D eigenvalue weighted by atomic mass is 16.2. The van der Waals surface area contributed by atoms with Crippen LogP contribution < -0.4 is 5.32 Å². The highest BCUT2D eigenvalue weighted by molar-refractivity contribution is 5.76.